The molecule has 1 fully saturated rings. The Balaban J connectivity index is 0.00000300. The predicted octanol–water partition coefficient (Wildman–Crippen LogP) is 5.11. The zero-order chi connectivity index (χ0) is 19.8. The molecule has 0 saturated carbocycles. The van der Waals surface area contributed by atoms with E-state index in [9.17, 15) is 0 Å². The molecule has 1 saturated heterocycles. The summed E-state index contributed by atoms with van der Waals surface area (Å²) in [5, 5.41) is 3.57. The molecule has 0 spiro atoms. The van der Waals surface area contributed by atoms with Crippen molar-refractivity contribution in [1.29, 1.82) is 0 Å². The van der Waals surface area contributed by atoms with Crippen LogP contribution in [0.2, 0.25) is 0 Å². The molecule has 0 aliphatic carbocycles. The quantitative estimate of drug-likeness (QED) is 0.236. The van der Waals surface area contributed by atoms with Crippen LogP contribution in [-0.2, 0) is 0 Å². The molecular weight excluding hydrogens is 493 g/mol. The number of rotatable bonds is 7. The Morgan fingerprint density at radius 2 is 1.93 bits per heavy atom. The summed E-state index contributed by atoms with van der Waals surface area (Å²) < 4.78 is 5.51. The van der Waals surface area contributed by atoms with Crippen molar-refractivity contribution in [2.75, 3.05) is 39.5 Å². The minimum Gasteiger partial charge on any atom is -0.496 e. The van der Waals surface area contributed by atoms with E-state index in [1.54, 1.807) is 7.11 Å². The second kappa shape index (κ2) is 12.3. The van der Waals surface area contributed by atoms with Crippen molar-refractivity contribution in [2.45, 2.75) is 24.2 Å². The van der Waals surface area contributed by atoms with E-state index in [1.807, 2.05) is 30.9 Å². The molecule has 158 valence electrons. The lowest BCUT2D eigenvalue weighted by molar-refractivity contribution is 0.405. The first-order chi connectivity index (χ1) is 13.7. The lowest BCUT2D eigenvalue weighted by Gasteiger charge is -2.24. The van der Waals surface area contributed by atoms with Crippen LogP contribution in [0.15, 0.2) is 64.5 Å². The minimum atomic E-state index is 0. The van der Waals surface area contributed by atoms with Gasteiger partial charge in [0.2, 0.25) is 0 Å². The van der Waals surface area contributed by atoms with Crippen molar-refractivity contribution in [2.24, 2.45) is 10.9 Å². The fourth-order valence-electron chi connectivity index (χ4n) is 3.65. The van der Waals surface area contributed by atoms with Gasteiger partial charge >= 0.3 is 0 Å². The van der Waals surface area contributed by atoms with Gasteiger partial charge in [0.15, 0.2) is 5.96 Å². The van der Waals surface area contributed by atoms with E-state index in [-0.39, 0.29) is 24.0 Å². The Labute approximate surface area is 196 Å². The second-order valence-electron chi connectivity index (χ2n) is 7.30. The van der Waals surface area contributed by atoms with Crippen LogP contribution in [0, 0.1) is 5.92 Å². The number of methoxy groups -OCH3 is 1. The minimum absolute atomic E-state index is 0. The molecule has 3 rings (SSSR count). The zero-order valence-corrected chi connectivity index (χ0v) is 20.7. The fraction of sp³-hybridized carbons (Fsp3) is 0.435. The average Bonchev–Trinajstić information content (AvgIpc) is 3.22. The molecule has 0 amide bonds. The van der Waals surface area contributed by atoms with Crippen molar-refractivity contribution in [1.82, 2.24) is 10.2 Å². The van der Waals surface area contributed by atoms with E-state index >= 15 is 0 Å². The van der Waals surface area contributed by atoms with Crippen molar-refractivity contribution >= 4 is 41.7 Å². The van der Waals surface area contributed by atoms with E-state index in [2.05, 4.69) is 64.6 Å². The lowest BCUT2D eigenvalue weighted by atomic mass is 10.0. The standard InChI is InChI=1S/C23H31N3OS.HI/c1-18(21-11-7-8-12-22(21)27-3)15-25-23(24-2)26-14-13-19(16-26)17-28-20-9-5-4-6-10-20;/h4-12,18-19H,13-17H2,1-3H3,(H,24,25);1H. The second-order valence-corrected chi connectivity index (χ2v) is 8.39. The van der Waals surface area contributed by atoms with Gasteiger partial charge in [0, 0.05) is 43.2 Å². The van der Waals surface area contributed by atoms with Crippen LogP contribution in [0.1, 0.15) is 24.8 Å². The maximum atomic E-state index is 5.51. The van der Waals surface area contributed by atoms with Gasteiger partial charge in [-0.3, -0.25) is 4.99 Å². The molecule has 0 radical (unpaired) electrons. The number of benzene rings is 2. The molecular formula is C23H32IN3OS. The van der Waals surface area contributed by atoms with Crippen molar-refractivity contribution in [3.63, 3.8) is 0 Å². The summed E-state index contributed by atoms with van der Waals surface area (Å²) in [6.45, 7) is 5.21. The number of aliphatic imine (C=N–C) groups is 1. The number of hydrogen-bond acceptors (Lipinski definition) is 3. The maximum Gasteiger partial charge on any atom is 0.193 e. The topological polar surface area (TPSA) is 36.9 Å². The number of nitrogens with one attached hydrogen (secondary N) is 1. The van der Waals surface area contributed by atoms with Gasteiger partial charge in [-0.05, 0) is 36.1 Å². The Hall–Kier alpha value is -1.41. The zero-order valence-electron chi connectivity index (χ0n) is 17.5. The summed E-state index contributed by atoms with van der Waals surface area (Å²) in [6.07, 6.45) is 1.22. The summed E-state index contributed by atoms with van der Waals surface area (Å²) in [7, 11) is 3.61. The fourth-order valence-corrected chi connectivity index (χ4v) is 4.70. The molecule has 4 nitrogen and oxygen atoms in total. The van der Waals surface area contributed by atoms with Gasteiger partial charge in [0.1, 0.15) is 5.75 Å². The first-order valence-corrected chi connectivity index (χ1v) is 11.0. The third-order valence-electron chi connectivity index (χ3n) is 5.26. The van der Waals surface area contributed by atoms with Gasteiger partial charge in [-0.15, -0.1) is 35.7 Å². The highest BCUT2D eigenvalue weighted by molar-refractivity contribution is 14.0. The van der Waals surface area contributed by atoms with E-state index in [0.717, 1.165) is 37.1 Å². The van der Waals surface area contributed by atoms with Gasteiger partial charge < -0.3 is 15.0 Å². The molecule has 0 bridgehead atoms. The number of guanidine groups is 1. The maximum absolute atomic E-state index is 5.51. The normalized spacial score (nSPS) is 17.6. The molecule has 2 atom stereocenters. The molecule has 2 aromatic carbocycles. The predicted molar refractivity (Wildman–Crippen MR) is 135 cm³/mol. The number of likely N-dealkylation sites (tertiary alicyclic amines) is 1. The van der Waals surface area contributed by atoms with E-state index in [4.69, 9.17) is 4.74 Å². The first-order valence-electron chi connectivity index (χ1n) is 9.97. The molecule has 0 aromatic heterocycles. The number of ether oxygens (including phenoxy) is 1. The summed E-state index contributed by atoms with van der Waals surface area (Å²) >= 11 is 1.96. The Bertz CT molecular complexity index is 772. The van der Waals surface area contributed by atoms with Crippen LogP contribution in [-0.4, -0.2) is 50.4 Å². The lowest BCUT2D eigenvalue weighted by Crippen LogP contribution is -2.41. The van der Waals surface area contributed by atoms with Crippen molar-refractivity contribution < 1.29 is 4.74 Å². The van der Waals surface area contributed by atoms with E-state index in [1.165, 1.54) is 16.9 Å². The first kappa shape index (κ1) is 23.9. The summed E-state index contributed by atoms with van der Waals surface area (Å²) in [5.74, 6) is 4.17. The van der Waals surface area contributed by atoms with Crippen LogP contribution in [0.25, 0.3) is 0 Å². The van der Waals surface area contributed by atoms with Crippen LogP contribution >= 0.6 is 35.7 Å². The van der Waals surface area contributed by atoms with E-state index in [0.29, 0.717) is 11.8 Å². The number of hydrogen-bond donors (Lipinski definition) is 1. The number of nitrogens with zero attached hydrogens (tertiary/aromatic N) is 2. The van der Waals surface area contributed by atoms with Gasteiger partial charge in [-0.2, -0.15) is 0 Å². The Morgan fingerprint density at radius 1 is 1.21 bits per heavy atom. The van der Waals surface area contributed by atoms with Gasteiger partial charge in [-0.25, -0.2) is 0 Å². The molecule has 2 unspecified atom stereocenters. The Morgan fingerprint density at radius 3 is 2.66 bits per heavy atom. The van der Waals surface area contributed by atoms with Crippen LogP contribution in [0.3, 0.4) is 0 Å². The van der Waals surface area contributed by atoms with Crippen LogP contribution in [0.4, 0.5) is 0 Å². The molecule has 1 aliphatic rings. The molecule has 2 aromatic rings. The summed E-state index contributed by atoms with van der Waals surface area (Å²) in [4.78, 5) is 8.27. The van der Waals surface area contributed by atoms with Crippen LogP contribution < -0.4 is 10.1 Å². The van der Waals surface area contributed by atoms with Crippen LogP contribution in [0.5, 0.6) is 5.75 Å². The molecule has 6 heteroatoms. The molecule has 1 aliphatic heterocycles. The van der Waals surface area contributed by atoms with E-state index < -0.39 is 0 Å². The molecule has 1 N–H and O–H groups in total. The number of halogens is 1. The number of para-hydroxylation sites is 1. The SMILES string of the molecule is CN=C(NCC(C)c1ccccc1OC)N1CCC(CSc2ccccc2)C1.I. The molecule has 29 heavy (non-hydrogen) atoms. The monoisotopic (exact) mass is 525 g/mol. The highest BCUT2D eigenvalue weighted by atomic mass is 127. The Kier molecular flexibility index (Phi) is 10.1. The third-order valence-corrected chi connectivity index (χ3v) is 6.51. The summed E-state index contributed by atoms with van der Waals surface area (Å²) in [6, 6.07) is 18.9. The third kappa shape index (κ3) is 6.81. The van der Waals surface area contributed by atoms with Gasteiger partial charge in [0.25, 0.3) is 0 Å². The smallest absolute Gasteiger partial charge is 0.193 e. The van der Waals surface area contributed by atoms with Gasteiger partial charge in [0.05, 0.1) is 7.11 Å². The van der Waals surface area contributed by atoms with Gasteiger partial charge in [-0.1, -0.05) is 43.3 Å². The average molecular weight is 526 g/mol. The number of thioether (sulfide) groups is 1. The highest BCUT2D eigenvalue weighted by Gasteiger charge is 2.25. The molecule has 1 heterocycles. The highest BCUT2D eigenvalue weighted by Crippen LogP contribution is 2.27. The van der Waals surface area contributed by atoms with Crippen molar-refractivity contribution in [3.05, 3.63) is 60.2 Å². The largest absolute Gasteiger partial charge is 0.496 e. The van der Waals surface area contributed by atoms with Crippen molar-refractivity contribution in [3.8, 4) is 5.75 Å². The summed E-state index contributed by atoms with van der Waals surface area (Å²) in [5.41, 5.74) is 1.23.